The summed E-state index contributed by atoms with van der Waals surface area (Å²) >= 11 is 1.50. The standard InChI is InChI=1S/C32H44F3N3O3S/c1-2-3-4-5-6-7-8-14-31(39)41-24-23-38(40)21-19-36(20-22-38)17-11-18-37-27-12-9-10-13-29(27)42-30-16-15-26(25-28(30)37)32(33,34)35/h9-10,12-13,15-16,25H,2-8,11,14,17-24H2,1H3. The smallest absolute Gasteiger partial charge is 0.416 e. The summed E-state index contributed by atoms with van der Waals surface area (Å²) in [5, 5.41) is 13.2. The third kappa shape index (κ3) is 9.36. The molecule has 2 aliphatic heterocycles. The fourth-order valence-corrected chi connectivity index (χ4v) is 6.72. The number of alkyl halides is 3. The first-order valence-corrected chi connectivity index (χ1v) is 16.2. The largest absolute Gasteiger partial charge is 0.633 e. The number of anilines is 2. The van der Waals surface area contributed by atoms with Gasteiger partial charge in [0.1, 0.15) is 13.2 Å². The van der Waals surface area contributed by atoms with Crippen LogP contribution in [0.25, 0.3) is 0 Å². The number of nitrogens with zero attached hydrogens (tertiary/aromatic N) is 3. The van der Waals surface area contributed by atoms with E-state index in [1.165, 1.54) is 43.5 Å². The zero-order valence-electron chi connectivity index (χ0n) is 24.7. The van der Waals surface area contributed by atoms with Crippen LogP contribution in [0, 0.1) is 5.21 Å². The van der Waals surface area contributed by atoms with E-state index in [1.807, 2.05) is 29.2 Å². The molecule has 0 spiro atoms. The molecule has 1 saturated heterocycles. The van der Waals surface area contributed by atoms with Gasteiger partial charge in [-0.3, -0.25) is 9.69 Å². The number of hydrogen-bond donors (Lipinski definition) is 0. The molecule has 42 heavy (non-hydrogen) atoms. The number of ether oxygens (including phenoxy) is 1. The van der Waals surface area contributed by atoms with Gasteiger partial charge in [0, 0.05) is 42.4 Å². The quantitative estimate of drug-likeness (QED) is 0.0885. The molecule has 0 N–H and O–H groups in total. The van der Waals surface area contributed by atoms with Crippen LogP contribution in [0.15, 0.2) is 52.3 Å². The molecule has 0 saturated carbocycles. The summed E-state index contributed by atoms with van der Waals surface area (Å²) in [7, 11) is 0. The molecule has 0 amide bonds. The minimum atomic E-state index is -4.40. The first kappa shape index (κ1) is 32.6. The SMILES string of the molecule is CCCCCCCCCC(=O)OCC[N+]1([O-])CCN(CCCN2c3ccccc3Sc3ccc(C(F)(F)F)cc32)CC1. The van der Waals surface area contributed by atoms with Gasteiger partial charge in [0.2, 0.25) is 0 Å². The van der Waals surface area contributed by atoms with Crippen LogP contribution in [-0.2, 0) is 15.7 Å². The van der Waals surface area contributed by atoms with Crippen molar-refractivity contribution >= 4 is 29.1 Å². The summed E-state index contributed by atoms with van der Waals surface area (Å²) in [6, 6.07) is 11.8. The minimum absolute atomic E-state index is 0.157. The van der Waals surface area contributed by atoms with Crippen molar-refractivity contribution in [3.8, 4) is 0 Å². The van der Waals surface area contributed by atoms with Crippen molar-refractivity contribution in [3.05, 3.63) is 53.2 Å². The van der Waals surface area contributed by atoms with Gasteiger partial charge in [0.15, 0.2) is 0 Å². The third-order valence-electron chi connectivity index (χ3n) is 8.20. The monoisotopic (exact) mass is 607 g/mol. The lowest BCUT2D eigenvalue weighted by molar-refractivity contribution is -0.885. The number of unbranched alkanes of at least 4 members (excludes halogenated alkanes) is 6. The van der Waals surface area contributed by atoms with Crippen LogP contribution in [0.3, 0.4) is 0 Å². The highest BCUT2D eigenvalue weighted by atomic mass is 32.2. The number of carbonyl (C=O) groups excluding carboxylic acids is 1. The Labute approximate surface area is 252 Å². The van der Waals surface area contributed by atoms with Crippen molar-refractivity contribution in [3.63, 3.8) is 0 Å². The Morgan fingerprint density at radius 2 is 1.62 bits per heavy atom. The lowest BCUT2D eigenvalue weighted by Gasteiger charge is -2.48. The van der Waals surface area contributed by atoms with E-state index in [0.717, 1.165) is 53.8 Å². The third-order valence-corrected chi connectivity index (χ3v) is 9.33. The Morgan fingerprint density at radius 1 is 0.929 bits per heavy atom. The highest BCUT2D eigenvalue weighted by Gasteiger charge is 2.33. The van der Waals surface area contributed by atoms with Crippen molar-refractivity contribution in [1.82, 2.24) is 4.90 Å². The Hall–Kier alpha value is -2.27. The maximum atomic E-state index is 13.5. The molecule has 2 heterocycles. The average molecular weight is 608 g/mol. The number of rotatable bonds is 15. The molecular weight excluding hydrogens is 563 g/mol. The molecule has 0 unspecified atom stereocenters. The molecule has 232 valence electrons. The molecule has 0 aromatic heterocycles. The first-order valence-electron chi connectivity index (χ1n) is 15.4. The van der Waals surface area contributed by atoms with Crippen LogP contribution < -0.4 is 4.90 Å². The van der Waals surface area contributed by atoms with Gasteiger partial charge in [0.05, 0.1) is 30.0 Å². The summed E-state index contributed by atoms with van der Waals surface area (Å²) in [6.45, 7) is 6.14. The second-order valence-electron chi connectivity index (χ2n) is 11.4. The highest BCUT2D eigenvalue weighted by Crippen LogP contribution is 2.49. The number of halogens is 3. The summed E-state index contributed by atoms with van der Waals surface area (Å²) in [5.74, 6) is -0.213. The highest BCUT2D eigenvalue weighted by molar-refractivity contribution is 7.99. The molecule has 0 aliphatic carbocycles. The van der Waals surface area contributed by atoms with E-state index in [-0.39, 0.29) is 23.8 Å². The van der Waals surface area contributed by atoms with Gasteiger partial charge < -0.3 is 19.5 Å². The van der Waals surface area contributed by atoms with Gasteiger partial charge in [-0.05, 0) is 43.2 Å². The molecule has 0 bridgehead atoms. The number of hydroxylamine groups is 3. The van der Waals surface area contributed by atoms with E-state index in [2.05, 4.69) is 11.8 Å². The fourth-order valence-electron chi connectivity index (χ4n) is 5.64. The number of esters is 1. The Bertz CT molecular complexity index is 1160. The van der Waals surface area contributed by atoms with Crippen molar-refractivity contribution in [2.75, 3.05) is 57.3 Å². The molecule has 2 aliphatic rings. The zero-order chi connectivity index (χ0) is 30.0. The van der Waals surface area contributed by atoms with E-state index < -0.39 is 11.7 Å². The number of benzene rings is 2. The lowest BCUT2D eigenvalue weighted by Crippen LogP contribution is -2.57. The topological polar surface area (TPSA) is 55.8 Å². The van der Waals surface area contributed by atoms with Crippen LogP contribution in [0.5, 0.6) is 0 Å². The van der Waals surface area contributed by atoms with Gasteiger partial charge in [-0.2, -0.15) is 13.2 Å². The molecule has 10 heteroatoms. The van der Waals surface area contributed by atoms with Crippen molar-refractivity contribution in [2.45, 2.75) is 80.7 Å². The van der Waals surface area contributed by atoms with Crippen LogP contribution in [0.1, 0.15) is 70.3 Å². The molecule has 6 nitrogen and oxygen atoms in total. The predicted molar refractivity (Wildman–Crippen MR) is 162 cm³/mol. The number of fused-ring (bicyclic) bond motifs is 2. The Balaban J connectivity index is 1.19. The molecule has 2 aromatic carbocycles. The Kier molecular flexibility index (Phi) is 12.0. The number of piperazine rings is 1. The van der Waals surface area contributed by atoms with Gasteiger partial charge in [0.25, 0.3) is 0 Å². The van der Waals surface area contributed by atoms with Crippen molar-refractivity contribution < 1.29 is 27.3 Å². The Morgan fingerprint density at radius 3 is 2.36 bits per heavy atom. The lowest BCUT2D eigenvalue weighted by atomic mass is 10.1. The fraction of sp³-hybridized carbons (Fsp3) is 0.594. The second-order valence-corrected chi connectivity index (χ2v) is 12.5. The summed E-state index contributed by atoms with van der Waals surface area (Å²) in [5.41, 5.74) is 0.865. The van der Waals surface area contributed by atoms with E-state index in [0.29, 0.717) is 44.8 Å². The van der Waals surface area contributed by atoms with Crippen LogP contribution >= 0.6 is 11.8 Å². The van der Waals surface area contributed by atoms with Crippen LogP contribution in [-0.4, -0.2) is 67.9 Å². The summed E-state index contributed by atoms with van der Waals surface area (Å²) in [4.78, 5) is 18.1. The van der Waals surface area contributed by atoms with E-state index >= 15 is 0 Å². The first-order chi connectivity index (χ1) is 20.2. The molecular formula is C32H44F3N3O3S. The number of para-hydroxylation sites is 1. The van der Waals surface area contributed by atoms with Gasteiger partial charge >= 0.3 is 12.1 Å². The van der Waals surface area contributed by atoms with Gasteiger partial charge in [-0.25, -0.2) is 0 Å². The molecule has 4 rings (SSSR count). The number of hydrogen-bond acceptors (Lipinski definition) is 6. The zero-order valence-corrected chi connectivity index (χ0v) is 25.5. The van der Waals surface area contributed by atoms with Crippen molar-refractivity contribution in [2.24, 2.45) is 0 Å². The maximum Gasteiger partial charge on any atom is 0.416 e. The van der Waals surface area contributed by atoms with E-state index in [1.54, 1.807) is 6.07 Å². The van der Waals surface area contributed by atoms with E-state index in [4.69, 9.17) is 4.74 Å². The summed E-state index contributed by atoms with van der Waals surface area (Å²) < 4.78 is 45.4. The van der Waals surface area contributed by atoms with Gasteiger partial charge in [-0.15, -0.1) is 0 Å². The molecule has 0 atom stereocenters. The van der Waals surface area contributed by atoms with Gasteiger partial charge in [-0.1, -0.05) is 69.3 Å². The maximum absolute atomic E-state index is 13.5. The second kappa shape index (κ2) is 15.5. The van der Waals surface area contributed by atoms with E-state index in [9.17, 15) is 23.2 Å². The normalized spacial score (nSPS) is 16.6. The predicted octanol–water partition coefficient (Wildman–Crippen LogP) is 8.01. The number of carbonyl (C=O) groups is 1. The summed E-state index contributed by atoms with van der Waals surface area (Å²) in [6.07, 6.45) is 4.79. The number of quaternary nitrogens is 1. The average Bonchev–Trinajstić information content (AvgIpc) is 2.96. The van der Waals surface area contributed by atoms with Crippen molar-refractivity contribution in [1.29, 1.82) is 0 Å². The van der Waals surface area contributed by atoms with Crippen LogP contribution in [0.2, 0.25) is 0 Å². The molecule has 1 fully saturated rings. The van der Waals surface area contributed by atoms with Crippen LogP contribution in [0.4, 0.5) is 24.5 Å². The minimum Gasteiger partial charge on any atom is -0.633 e. The molecule has 2 aromatic rings. The molecule has 0 radical (unpaired) electrons.